The maximum Gasteiger partial charge on any atom is 0.257 e. The number of likely N-dealkylation sites (tertiary alicyclic amines) is 1. The number of hydrogen-bond acceptors (Lipinski definition) is 4. The van der Waals surface area contributed by atoms with Gasteiger partial charge >= 0.3 is 0 Å². The molecule has 4 rings (SSSR count). The first-order valence-corrected chi connectivity index (χ1v) is 9.90. The van der Waals surface area contributed by atoms with Gasteiger partial charge in [0.05, 0.1) is 23.1 Å². The Morgan fingerprint density at radius 3 is 2.16 bits per heavy atom. The van der Waals surface area contributed by atoms with Crippen molar-refractivity contribution in [3.05, 3.63) is 72.1 Å². The van der Waals surface area contributed by atoms with E-state index in [9.17, 15) is 23.6 Å². The van der Waals surface area contributed by atoms with Gasteiger partial charge in [0.15, 0.2) is 0 Å². The summed E-state index contributed by atoms with van der Waals surface area (Å²) in [5, 5.41) is 5.25. The minimum Gasteiger partial charge on any atom is -0.324 e. The van der Waals surface area contributed by atoms with E-state index in [4.69, 9.17) is 0 Å². The number of nitrogens with one attached hydrogen (secondary N) is 2. The molecular formula is C23H20FN3O4. The van der Waals surface area contributed by atoms with Crippen LogP contribution in [0.4, 0.5) is 15.8 Å². The number of anilines is 2. The molecule has 158 valence electrons. The highest BCUT2D eigenvalue weighted by Crippen LogP contribution is 2.34. The molecule has 0 spiro atoms. The van der Waals surface area contributed by atoms with Crippen LogP contribution in [0.25, 0.3) is 0 Å². The fourth-order valence-electron chi connectivity index (χ4n) is 3.88. The minimum absolute atomic E-state index is 0.192. The summed E-state index contributed by atoms with van der Waals surface area (Å²) >= 11 is 0. The predicted octanol–water partition coefficient (Wildman–Crippen LogP) is 2.97. The predicted molar refractivity (Wildman–Crippen MR) is 111 cm³/mol. The quantitative estimate of drug-likeness (QED) is 0.573. The number of carbonyl (C=O) groups is 4. The Labute approximate surface area is 177 Å². The molecule has 2 aromatic carbocycles. The van der Waals surface area contributed by atoms with E-state index in [1.807, 2.05) is 12.2 Å². The second-order valence-corrected chi connectivity index (χ2v) is 7.47. The number of amides is 4. The first kappa shape index (κ1) is 20.5. The van der Waals surface area contributed by atoms with E-state index in [-0.39, 0.29) is 23.1 Å². The number of para-hydroxylation sites is 1. The highest BCUT2D eigenvalue weighted by Gasteiger charge is 2.47. The molecular weight excluding hydrogens is 401 g/mol. The van der Waals surface area contributed by atoms with Crippen molar-refractivity contribution >= 4 is 35.0 Å². The van der Waals surface area contributed by atoms with E-state index in [2.05, 4.69) is 10.6 Å². The molecule has 2 N–H and O–H groups in total. The van der Waals surface area contributed by atoms with Crippen LogP contribution in [0.1, 0.15) is 23.2 Å². The van der Waals surface area contributed by atoms with Gasteiger partial charge in [0, 0.05) is 5.69 Å². The van der Waals surface area contributed by atoms with E-state index < -0.39 is 36.0 Å². The number of carbonyl (C=O) groups excluding carboxylic acids is 4. The summed E-state index contributed by atoms with van der Waals surface area (Å²) in [5.74, 6) is -2.97. The molecule has 0 radical (unpaired) electrons. The van der Waals surface area contributed by atoms with Crippen LogP contribution in [0.3, 0.4) is 0 Å². The average molecular weight is 421 g/mol. The SMILES string of the molecule is O=C(CN1C(=O)C2CC=CCC2C1=O)Nc1ccccc1C(=O)Nc1ccc(F)cc1. The summed E-state index contributed by atoms with van der Waals surface area (Å²) in [6, 6.07) is 11.7. The van der Waals surface area contributed by atoms with Crippen LogP contribution in [-0.4, -0.2) is 35.1 Å². The largest absolute Gasteiger partial charge is 0.324 e. The van der Waals surface area contributed by atoms with Gasteiger partial charge in [-0.15, -0.1) is 0 Å². The molecule has 7 nitrogen and oxygen atoms in total. The van der Waals surface area contributed by atoms with E-state index in [0.29, 0.717) is 18.5 Å². The topological polar surface area (TPSA) is 95.6 Å². The first-order valence-electron chi connectivity index (χ1n) is 9.90. The molecule has 1 heterocycles. The van der Waals surface area contributed by atoms with Crippen molar-refractivity contribution in [1.82, 2.24) is 4.90 Å². The summed E-state index contributed by atoms with van der Waals surface area (Å²) in [5.41, 5.74) is 0.833. The Morgan fingerprint density at radius 1 is 0.903 bits per heavy atom. The van der Waals surface area contributed by atoms with Crippen LogP contribution in [0, 0.1) is 17.7 Å². The van der Waals surface area contributed by atoms with Crippen molar-refractivity contribution in [3.8, 4) is 0 Å². The van der Waals surface area contributed by atoms with Gasteiger partial charge < -0.3 is 10.6 Å². The third-order valence-electron chi connectivity index (χ3n) is 5.45. The lowest BCUT2D eigenvalue weighted by molar-refractivity contribution is -0.142. The maximum atomic E-state index is 13.1. The number of nitrogens with zero attached hydrogens (tertiary/aromatic N) is 1. The monoisotopic (exact) mass is 421 g/mol. The van der Waals surface area contributed by atoms with E-state index in [0.717, 1.165) is 4.90 Å². The Balaban J connectivity index is 1.44. The Morgan fingerprint density at radius 2 is 1.52 bits per heavy atom. The number of halogens is 1. The molecule has 8 heteroatoms. The smallest absolute Gasteiger partial charge is 0.257 e. The van der Waals surface area contributed by atoms with Crippen molar-refractivity contribution in [2.24, 2.45) is 11.8 Å². The van der Waals surface area contributed by atoms with Crippen molar-refractivity contribution in [3.63, 3.8) is 0 Å². The van der Waals surface area contributed by atoms with E-state index >= 15 is 0 Å². The number of rotatable bonds is 5. The zero-order chi connectivity index (χ0) is 22.0. The lowest BCUT2D eigenvalue weighted by Crippen LogP contribution is -2.38. The van der Waals surface area contributed by atoms with Crippen LogP contribution < -0.4 is 10.6 Å². The highest BCUT2D eigenvalue weighted by atomic mass is 19.1. The van der Waals surface area contributed by atoms with Gasteiger partial charge in [-0.05, 0) is 49.2 Å². The zero-order valence-corrected chi connectivity index (χ0v) is 16.5. The molecule has 0 saturated carbocycles. The van der Waals surface area contributed by atoms with Gasteiger partial charge in [-0.2, -0.15) is 0 Å². The molecule has 4 amide bonds. The molecule has 0 aromatic heterocycles. The average Bonchev–Trinajstić information content (AvgIpc) is 3.01. The van der Waals surface area contributed by atoms with Gasteiger partial charge in [-0.1, -0.05) is 24.3 Å². The van der Waals surface area contributed by atoms with Crippen LogP contribution in [-0.2, 0) is 14.4 Å². The standard InChI is InChI=1S/C23H20FN3O4/c24-14-9-11-15(12-10-14)25-21(29)18-7-3-4-8-19(18)26-20(28)13-27-22(30)16-5-1-2-6-17(16)23(27)31/h1-4,7-12,16-17H,5-6,13H2,(H,25,29)(H,26,28). The van der Waals surface area contributed by atoms with Crippen molar-refractivity contribution in [1.29, 1.82) is 0 Å². The summed E-state index contributed by atoms with van der Waals surface area (Å²) in [7, 11) is 0. The zero-order valence-electron chi connectivity index (χ0n) is 16.5. The Bertz CT molecular complexity index is 1050. The molecule has 31 heavy (non-hydrogen) atoms. The third-order valence-corrected chi connectivity index (χ3v) is 5.45. The highest BCUT2D eigenvalue weighted by molar-refractivity contribution is 6.12. The number of allylic oxidation sites excluding steroid dienone is 2. The summed E-state index contributed by atoms with van der Waals surface area (Å²) in [6.45, 7) is -0.404. The fraction of sp³-hybridized carbons (Fsp3) is 0.217. The molecule has 2 aromatic rings. The fourth-order valence-corrected chi connectivity index (χ4v) is 3.88. The lowest BCUT2D eigenvalue weighted by Gasteiger charge is -2.16. The van der Waals surface area contributed by atoms with Gasteiger partial charge in [-0.25, -0.2) is 4.39 Å². The molecule has 2 unspecified atom stereocenters. The molecule has 2 atom stereocenters. The van der Waals surface area contributed by atoms with Crippen LogP contribution in [0.2, 0.25) is 0 Å². The Hall–Kier alpha value is -3.81. The number of imide groups is 1. The van der Waals surface area contributed by atoms with Crippen molar-refractivity contribution < 1.29 is 23.6 Å². The van der Waals surface area contributed by atoms with Gasteiger partial charge in [0.2, 0.25) is 17.7 Å². The summed E-state index contributed by atoms with van der Waals surface area (Å²) in [4.78, 5) is 51.3. The van der Waals surface area contributed by atoms with Crippen molar-refractivity contribution in [2.75, 3.05) is 17.2 Å². The first-order chi connectivity index (χ1) is 14.9. The van der Waals surface area contributed by atoms with Crippen LogP contribution >= 0.6 is 0 Å². The molecule has 1 saturated heterocycles. The maximum absolute atomic E-state index is 13.1. The van der Waals surface area contributed by atoms with E-state index in [1.165, 1.54) is 30.3 Å². The van der Waals surface area contributed by atoms with Crippen molar-refractivity contribution in [2.45, 2.75) is 12.8 Å². The third kappa shape index (κ3) is 4.23. The second kappa shape index (κ2) is 8.51. The summed E-state index contributed by atoms with van der Waals surface area (Å²) in [6.07, 6.45) is 4.76. The molecule has 1 fully saturated rings. The second-order valence-electron chi connectivity index (χ2n) is 7.47. The molecule has 1 aliphatic carbocycles. The van der Waals surface area contributed by atoms with Gasteiger partial charge in [0.1, 0.15) is 12.4 Å². The molecule has 2 aliphatic rings. The molecule has 0 bridgehead atoms. The minimum atomic E-state index is -0.574. The van der Waals surface area contributed by atoms with Crippen LogP contribution in [0.5, 0.6) is 0 Å². The number of fused-ring (bicyclic) bond motifs is 1. The van der Waals surface area contributed by atoms with Gasteiger partial charge in [-0.3, -0.25) is 24.1 Å². The molecule has 1 aliphatic heterocycles. The Kier molecular flexibility index (Phi) is 5.62. The van der Waals surface area contributed by atoms with E-state index in [1.54, 1.807) is 18.2 Å². The lowest BCUT2D eigenvalue weighted by atomic mass is 9.85. The normalized spacial score (nSPS) is 19.8. The number of hydrogen-bond donors (Lipinski definition) is 2. The number of benzene rings is 2. The van der Waals surface area contributed by atoms with Crippen LogP contribution in [0.15, 0.2) is 60.7 Å². The summed E-state index contributed by atoms with van der Waals surface area (Å²) < 4.78 is 13.1. The van der Waals surface area contributed by atoms with Gasteiger partial charge in [0.25, 0.3) is 5.91 Å².